The molecule has 4 nitrogen and oxygen atoms in total. The minimum Gasteiger partial charge on any atom is -0.394 e. The van der Waals surface area contributed by atoms with Gasteiger partial charge in [0.15, 0.2) is 0 Å². The van der Waals surface area contributed by atoms with Crippen molar-refractivity contribution in [2.45, 2.75) is 6.04 Å². The number of aliphatic hydroxyl groups is 1. The summed E-state index contributed by atoms with van der Waals surface area (Å²) in [7, 11) is 0. The zero-order chi connectivity index (χ0) is 13.7. The molecule has 1 heterocycles. The third-order valence-electron chi connectivity index (χ3n) is 2.71. The van der Waals surface area contributed by atoms with E-state index in [1.807, 2.05) is 30.3 Å². The lowest BCUT2D eigenvalue weighted by atomic mass is 10.1. The second-order valence-corrected chi connectivity index (χ2v) is 4.38. The molecule has 0 aliphatic carbocycles. The van der Waals surface area contributed by atoms with Crippen LogP contribution in [0.5, 0.6) is 0 Å². The Morgan fingerprint density at radius 1 is 1.32 bits per heavy atom. The van der Waals surface area contributed by atoms with Crippen molar-refractivity contribution in [3.05, 3.63) is 64.9 Å². The largest absolute Gasteiger partial charge is 0.394 e. The van der Waals surface area contributed by atoms with Crippen LogP contribution < -0.4 is 5.32 Å². The fraction of sp³-hybridized carbons (Fsp3) is 0.143. The van der Waals surface area contributed by atoms with Crippen molar-refractivity contribution in [1.82, 2.24) is 10.3 Å². The molecule has 2 aromatic rings. The maximum absolute atomic E-state index is 12.1. The number of aromatic nitrogens is 1. The summed E-state index contributed by atoms with van der Waals surface area (Å²) in [6, 6.07) is 10.3. The number of carbonyl (C=O) groups excluding carboxylic acids is 1. The van der Waals surface area contributed by atoms with E-state index in [9.17, 15) is 9.90 Å². The number of aliphatic hydroxyl groups excluding tert-OH is 1. The first-order valence-electron chi connectivity index (χ1n) is 5.78. The monoisotopic (exact) mass is 276 g/mol. The van der Waals surface area contributed by atoms with Crippen molar-refractivity contribution in [3.63, 3.8) is 0 Å². The Labute approximate surface area is 116 Å². The van der Waals surface area contributed by atoms with Gasteiger partial charge in [0.2, 0.25) is 0 Å². The normalized spacial score (nSPS) is 11.9. The number of hydrogen-bond acceptors (Lipinski definition) is 3. The van der Waals surface area contributed by atoms with Gasteiger partial charge in [0, 0.05) is 12.4 Å². The van der Waals surface area contributed by atoms with Gasteiger partial charge in [0.25, 0.3) is 5.91 Å². The van der Waals surface area contributed by atoms with Crippen LogP contribution in [0.25, 0.3) is 0 Å². The zero-order valence-corrected chi connectivity index (χ0v) is 10.8. The predicted octanol–water partition coefficient (Wildman–Crippen LogP) is 2.20. The van der Waals surface area contributed by atoms with Gasteiger partial charge in [-0.2, -0.15) is 0 Å². The van der Waals surface area contributed by atoms with Crippen molar-refractivity contribution in [2.24, 2.45) is 0 Å². The molecule has 5 heteroatoms. The summed E-state index contributed by atoms with van der Waals surface area (Å²) in [6.07, 6.45) is 2.91. The van der Waals surface area contributed by atoms with Crippen molar-refractivity contribution in [3.8, 4) is 0 Å². The minimum absolute atomic E-state index is 0.182. The lowest BCUT2D eigenvalue weighted by Crippen LogP contribution is -2.31. The SMILES string of the molecule is O=C(N[C@@H](CO)c1ccccc1)c1ccncc1Cl. The van der Waals surface area contributed by atoms with Gasteiger partial charge in [-0.3, -0.25) is 9.78 Å². The Morgan fingerprint density at radius 2 is 2.05 bits per heavy atom. The van der Waals surface area contributed by atoms with E-state index < -0.39 is 6.04 Å². The quantitative estimate of drug-likeness (QED) is 0.900. The number of benzene rings is 1. The summed E-state index contributed by atoms with van der Waals surface area (Å²) in [5, 5.41) is 12.4. The van der Waals surface area contributed by atoms with Gasteiger partial charge in [-0.25, -0.2) is 0 Å². The summed E-state index contributed by atoms with van der Waals surface area (Å²) in [5.74, 6) is -0.338. The number of nitrogens with one attached hydrogen (secondary N) is 1. The van der Waals surface area contributed by atoms with Gasteiger partial charge < -0.3 is 10.4 Å². The molecule has 1 aromatic heterocycles. The molecule has 0 aliphatic heterocycles. The lowest BCUT2D eigenvalue weighted by molar-refractivity contribution is 0.0916. The van der Waals surface area contributed by atoms with Crippen LogP contribution in [0.15, 0.2) is 48.8 Å². The van der Waals surface area contributed by atoms with Crippen LogP contribution in [0.1, 0.15) is 22.0 Å². The van der Waals surface area contributed by atoms with Crippen molar-refractivity contribution < 1.29 is 9.90 Å². The highest BCUT2D eigenvalue weighted by Crippen LogP contribution is 2.16. The Kier molecular flexibility index (Phi) is 4.49. The lowest BCUT2D eigenvalue weighted by Gasteiger charge is -2.17. The Morgan fingerprint density at radius 3 is 2.68 bits per heavy atom. The maximum Gasteiger partial charge on any atom is 0.253 e. The first-order chi connectivity index (χ1) is 9.22. The van der Waals surface area contributed by atoms with Crippen molar-refractivity contribution >= 4 is 17.5 Å². The average molecular weight is 277 g/mol. The second kappa shape index (κ2) is 6.31. The van der Waals surface area contributed by atoms with E-state index in [-0.39, 0.29) is 17.5 Å². The second-order valence-electron chi connectivity index (χ2n) is 3.97. The minimum atomic E-state index is -0.460. The van der Waals surface area contributed by atoms with E-state index in [0.29, 0.717) is 5.56 Å². The van der Waals surface area contributed by atoms with E-state index >= 15 is 0 Å². The number of nitrogens with zero attached hydrogens (tertiary/aromatic N) is 1. The number of halogens is 1. The van der Waals surface area contributed by atoms with Crippen LogP contribution in [0.4, 0.5) is 0 Å². The molecular formula is C14H13ClN2O2. The van der Waals surface area contributed by atoms with Gasteiger partial charge in [-0.15, -0.1) is 0 Å². The van der Waals surface area contributed by atoms with Crippen molar-refractivity contribution in [2.75, 3.05) is 6.61 Å². The number of rotatable bonds is 4. The highest BCUT2D eigenvalue weighted by molar-refractivity contribution is 6.33. The topological polar surface area (TPSA) is 62.2 Å². The molecule has 1 amide bonds. The third-order valence-corrected chi connectivity index (χ3v) is 3.01. The molecule has 98 valence electrons. The molecule has 1 atom stereocenters. The van der Waals surface area contributed by atoms with Crippen LogP contribution in [-0.4, -0.2) is 22.6 Å². The molecule has 0 saturated heterocycles. The predicted molar refractivity (Wildman–Crippen MR) is 73.0 cm³/mol. The van der Waals surface area contributed by atoms with E-state index in [0.717, 1.165) is 5.56 Å². The third kappa shape index (κ3) is 3.30. The van der Waals surface area contributed by atoms with Gasteiger partial charge in [-0.05, 0) is 11.6 Å². The van der Waals surface area contributed by atoms with E-state index in [1.165, 1.54) is 18.5 Å². The maximum atomic E-state index is 12.1. The van der Waals surface area contributed by atoms with Gasteiger partial charge in [-0.1, -0.05) is 41.9 Å². The number of pyridine rings is 1. The summed E-state index contributed by atoms with van der Waals surface area (Å²) in [6.45, 7) is -0.182. The van der Waals surface area contributed by atoms with Crippen LogP contribution >= 0.6 is 11.6 Å². The molecule has 0 spiro atoms. The number of hydrogen-bond donors (Lipinski definition) is 2. The Balaban J connectivity index is 2.16. The molecule has 0 fully saturated rings. The molecule has 1 aromatic carbocycles. The summed E-state index contributed by atoms with van der Waals surface area (Å²) >= 11 is 5.91. The molecule has 2 rings (SSSR count). The van der Waals surface area contributed by atoms with Crippen LogP contribution in [0, 0.1) is 0 Å². The zero-order valence-electron chi connectivity index (χ0n) is 10.1. The molecule has 2 N–H and O–H groups in total. The van der Waals surface area contributed by atoms with Crippen LogP contribution in [0.2, 0.25) is 5.02 Å². The Bertz CT molecular complexity index is 560. The highest BCUT2D eigenvalue weighted by atomic mass is 35.5. The highest BCUT2D eigenvalue weighted by Gasteiger charge is 2.16. The van der Waals surface area contributed by atoms with Gasteiger partial charge in [0.05, 0.1) is 23.2 Å². The average Bonchev–Trinajstić information content (AvgIpc) is 2.46. The smallest absolute Gasteiger partial charge is 0.253 e. The fourth-order valence-corrected chi connectivity index (χ4v) is 1.92. The molecule has 0 saturated carbocycles. The van der Waals surface area contributed by atoms with Crippen LogP contribution in [0.3, 0.4) is 0 Å². The molecular weight excluding hydrogens is 264 g/mol. The van der Waals surface area contributed by atoms with E-state index in [2.05, 4.69) is 10.3 Å². The fourth-order valence-electron chi connectivity index (χ4n) is 1.72. The number of amides is 1. The van der Waals surface area contributed by atoms with Crippen LogP contribution in [-0.2, 0) is 0 Å². The number of carbonyl (C=O) groups is 1. The molecule has 0 bridgehead atoms. The standard InChI is InChI=1S/C14H13ClN2O2/c15-12-8-16-7-6-11(12)14(19)17-13(9-18)10-4-2-1-3-5-10/h1-8,13,18H,9H2,(H,17,19)/t13-/m0/s1. The van der Waals surface area contributed by atoms with Gasteiger partial charge >= 0.3 is 0 Å². The Hall–Kier alpha value is -1.91. The summed E-state index contributed by atoms with van der Waals surface area (Å²) < 4.78 is 0. The first-order valence-corrected chi connectivity index (χ1v) is 6.16. The van der Waals surface area contributed by atoms with E-state index in [1.54, 1.807) is 0 Å². The molecule has 0 aliphatic rings. The van der Waals surface area contributed by atoms with Crippen molar-refractivity contribution in [1.29, 1.82) is 0 Å². The summed E-state index contributed by atoms with van der Waals surface area (Å²) in [4.78, 5) is 15.9. The molecule has 0 unspecified atom stereocenters. The molecule has 19 heavy (non-hydrogen) atoms. The summed E-state index contributed by atoms with van der Waals surface area (Å²) in [5.41, 5.74) is 1.18. The molecule has 0 radical (unpaired) electrons. The first kappa shape index (κ1) is 13.5. The van der Waals surface area contributed by atoms with E-state index in [4.69, 9.17) is 11.6 Å². The van der Waals surface area contributed by atoms with Gasteiger partial charge in [0.1, 0.15) is 0 Å².